The summed E-state index contributed by atoms with van der Waals surface area (Å²) in [6.45, 7) is 9.24. The Morgan fingerprint density at radius 1 is 1.44 bits per heavy atom. The third-order valence-electron chi connectivity index (χ3n) is 2.87. The highest BCUT2D eigenvalue weighted by Crippen LogP contribution is 2.21. The van der Waals surface area contributed by atoms with Crippen molar-refractivity contribution in [2.45, 2.75) is 52.3 Å². The van der Waals surface area contributed by atoms with Gasteiger partial charge in [0.1, 0.15) is 6.04 Å². The van der Waals surface area contributed by atoms with Crippen molar-refractivity contribution < 1.29 is 14.6 Å². The number of ether oxygens (including phenoxy) is 1. The molecule has 0 unspecified atom stereocenters. The molecule has 0 saturated carbocycles. The number of esters is 1. The lowest BCUT2D eigenvalue weighted by atomic mass is 10.1. The van der Waals surface area contributed by atoms with E-state index < -0.39 is 12.1 Å². The summed E-state index contributed by atoms with van der Waals surface area (Å²) in [6, 6.07) is -0.215. The van der Waals surface area contributed by atoms with E-state index in [0.717, 1.165) is 6.54 Å². The van der Waals surface area contributed by atoms with Crippen LogP contribution in [0.15, 0.2) is 0 Å². The Kier molecular flexibility index (Phi) is 4.74. The van der Waals surface area contributed by atoms with Crippen molar-refractivity contribution in [2.24, 2.45) is 5.92 Å². The molecule has 1 rings (SSSR count). The fourth-order valence-corrected chi connectivity index (χ4v) is 2.01. The molecule has 0 radical (unpaired) electrons. The molecule has 4 heteroatoms. The number of hydrogen-bond donors (Lipinski definition) is 1. The van der Waals surface area contributed by atoms with E-state index in [1.54, 1.807) is 0 Å². The zero-order valence-electron chi connectivity index (χ0n) is 10.6. The Morgan fingerprint density at radius 2 is 2.06 bits per heavy atom. The molecule has 94 valence electrons. The predicted octanol–water partition coefficient (Wildman–Crippen LogP) is 1.03. The molecule has 4 nitrogen and oxygen atoms in total. The summed E-state index contributed by atoms with van der Waals surface area (Å²) in [5.74, 6) is 0.0439. The highest BCUT2D eigenvalue weighted by molar-refractivity contribution is 5.77. The zero-order valence-corrected chi connectivity index (χ0v) is 10.6. The molecule has 1 heterocycles. The number of aliphatic hydroxyl groups excluding tert-OH is 1. The number of carbonyl (C=O) groups excluding carboxylic acids is 1. The molecule has 0 aromatic carbocycles. The SMILES string of the molecule is CC(C)COC(=O)[C@@H]1[C@@H](O)CCN1C(C)C. The number of rotatable bonds is 4. The molecule has 0 spiro atoms. The molecule has 1 N–H and O–H groups in total. The molecule has 0 aromatic heterocycles. The van der Waals surface area contributed by atoms with Gasteiger partial charge in [0.05, 0.1) is 12.7 Å². The second-order valence-electron chi connectivity index (χ2n) is 5.16. The van der Waals surface area contributed by atoms with E-state index in [9.17, 15) is 9.90 Å². The van der Waals surface area contributed by atoms with Gasteiger partial charge in [-0.2, -0.15) is 0 Å². The van der Waals surface area contributed by atoms with Gasteiger partial charge in [-0.1, -0.05) is 13.8 Å². The van der Waals surface area contributed by atoms with Crippen LogP contribution in [0.3, 0.4) is 0 Å². The minimum absolute atomic E-state index is 0.258. The van der Waals surface area contributed by atoms with Gasteiger partial charge in [0.25, 0.3) is 0 Å². The zero-order chi connectivity index (χ0) is 12.3. The van der Waals surface area contributed by atoms with E-state index in [2.05, 4.69) is 0 Å². The lowest BCUT2D eigenvalue weighted by Crippen LogP contribution is -2.46. The van der Waals surface area contributed by atoms with Crippen LogP contribution in [0.1, 0.15) is 34.1 Å². The molecule has 1 aliphatic rings. The van der Waals surface area contributed by atoms with E-state index >= 15 is 0 Å². The Bertz CT molecular complexity index is 240. The Morgan fingerprint density at radius 3 is 2.56 bits per heavy atom. The second-order valence-corrected chi connectivity index (χ2v) is 5.16. The average Bonchev–Trinajstić information content (AvgIpc) is 2.56. The summed E-state index contributed by atoms with van der Waals surface area (Å²) in [5, 5.41) is 9.80. The predicted molar refractivity (Wildman–Crippen MR) is 62.1 cm³/mol. The van der Waals surface area contributed by atoms with Crippen LogP contribution in [0.5, 0.6) is 0 Å². The van der Waals surface area contributed by atoms with Gasteiger partial charge >= 0.3 is 5.97 Å². The molecule has 2 atom stereocenters. The standard InChI is InChI=1S/C12H23NO3/c1-8(2)7-16-12(15)11-10(14)5-6-13(11)9(3)4/h8-11,14H,5-7H2,1-4H3/t10-,11-/m0/s1. The van der Waals surface area contributed by atoms with Gasteiger partial charge in [-0.25, -0.2) is 0 Å². The first-order chi connectivity index (χ1) is 7.43. The number of hydrogen-bond acceptors (Lipinski definition) is 4. The Balaban J connectivity index is 2.57. The Labute approximate surface area is 97.6 Å². The highest BCUT2D eigenvalue weighted by Gasteiger charge is 2.40. The molecular weight excluding hydrogens is 206 g/mol. The van der Waals surface area contributed by atoms with Crippen LogP contribution in [0.25, 0.3) is 0 Å². The number of carbonyl (C=O) groups is 1. The molecule has 0 bridgehead atoms. The number of aliphatic hydroxyl groups is 1. The van der Waals surface area contributed by atoms with E-state index in [0.29, 0.717) is 18.9 Å². The van der Waals surface area contributed by atoms with Gasteiger partial charge in [0.15, 0.2) is 0 Å². The first kappa shape index (κ1) is 13.5. The first-order valence-electron chi connectivity index (χ1n) is 6.04. The van der Waals surface area contributed by atoms with Gasteiger partial charge in [-0.15, -0.1) is 0 Å². The monoisotopic (exact) mass is 229 g/mol. The highest BCUT2D eigenvalue weighted by atomic mass is 16.5. The maximum Gasteiger partial charge on any atom is 0.326 e. The lowest BCUT2D eigenvalue weighted by molar-refractivity contribution is -0.153. The van der Waals surface area contributed by atoms with Crippen molar-refractivity contribution in [2.75, 3.05) is 13.2 Å². The summed E-state index contributed by atoms with van der Waals surface area (Å²) in [4.78, 5) is 13.9. The van der Waals surface area contributed by atoms with Gasteiger partial charge in [-0.05, 0) is 26.2 Å². The van der Waals surface area contributed by atoms with Crippen molar-refractivity contribution >= 4 is 5.97 Å². The minimum atomic E-state index is -0.581. The van der Waals surface area contributed by atoms with Crippen molar-refractivity contribution in [1.29, 1.82) is 0 Å². The maximum atomic E-state index is 11.9. The van der Waals surface area contributed by atoms with Crippen molar-refractivity contribution in [3.63, 3.8) is 0 Å². The first-order valence-corrected chi connectivity index (χ1v) is 6.04. The van der Waals surface area contributed by atoms with Gasteiger partial charge in [0, 0.05) is 12.6 Å². The van der Waals surface area contributed by atoms with Gasteiger partial charge < -0.3 is 9.84 Å². The maximum absolute atomic E-state index is 11.9. The quantitative estimate of drug-likeness (QED) is 0.732. The van der Waals surface area contributed by atoms with Gasteiger partial charge in [0.2, 0.25) is 0 Å². The number of likely N-dealkylation sites (tertiary alicyclic amines) is 1. The lowest BCUT2D eigenvalue weighted by Gasteiger charge is -2.28. The van der Waals surface area contributed by atoms with Gasteiger partial charge in [-0.3, -0.25) is 9.69 Å². The molecule has 0 aliphatic carbocycles. The molecule has 1 aliphatic heterocycles. The van der Waals surface area contributed by atoms with E-state index in [1.165, 1.54) is 0 Å². The van der Waals surface area contributed by atoms with E-state index in [1.807, 2.05) is 32.6 Å². The molecule has 1 fully saturated rings. The topological polar surface area (TPSA) is 49.8 Å². The van der Waals surface area contributed by atoms with Crippen LogP contribution in [-0.2, 0) is 9.53 Å². The smallest absolute Gasteiger partial charge is 0.326 e. The third-order valence-corrected chi connectivity index (χ3v) is 2.87. The minimum Gasteiger partial charge on any atom is -0.464 e. The molecular formula is C12H23NO3. The summed E-state index contributed by atoms with van der Waals surface area (Å²) < 4.78 is 5.20. The van der Waals surface area contributed by atoms with Crippen LogP contribution in [0.2, 0.25) is 0 Å². The van der Waals surface area contributed by atoms with Crippen LogP contribution >= 0.6 is 0 Å². The van der Waals surface area contributed by atoms with Crippen molar-refractivity contribution in [3.8, 4) is 0 Å². The van der Waals surface area contributed by atoms with E-state index in [-0.39, 0.29) is 12.0 Å². The average molecular weight is 229 g/mol. The Hall–Kier alpha value is -0.610. The molecule has 1 saturated heterocycles. The second kappa shape index (κ2) is 5.64. The normalized spacial score (nSPS) is 26.7. The molecule has 0 aromatic rings. The van der Waals surface area contributed by atoms with E-state index in [4.69, 9.17) is 4.74 Å². The summed E-state index contributed by atoms with van der Waals surface area (Å²) in [6.07, 6.45) is 0.0710. The largest absolute Gasteiger partial charge is 0.464 e. The summed E-state index contributed by atoms with van der Waals surface area (Å²) in [5.41, 5.74) is 0. The fraction of sp³-hybridized carbons (Fsp3) is 0.917. The summed E-state index contributed by atoms with van der Waals surface area (Å²) >= 11 is 0. The summed E-state index contributed by atoms with van der Waals surface area (Å²) in [7, 11) is 0. The fourth-order valence-electron chi connectivity index (χ4n) is 2.01. The number of nitrogens with zero attached hydrogens (tertiary/aromatic N) is 1. The molecule has 0 amide bonds. The van der Waals surface area contributed by atoms with Crippen LogP contribution < -0.4 is 0 Å². The van der Waals surface area contributed by atoms with Crippen LogP contribution in [0, 0.1) is 5.92 Å². The van der Waals surface area contributed by atoms with Crippen LogP contribution in [0.4, 0.5) is 0 Å². The van der Waals surface area contributed by atoms with Crippen molar-refractivity contribution in [3.05, 3.63) is 0 Å². The van der Waals surface area contributed by atoms with Crippen molar-refractivity contribution in [1.82, 2.24) is 4.90 Å². The van der Waals surface area contributed by atoms with Crippen LogP contribution in [-0.4, -0.2) is 47.3 Å². The third kappa shape index (κ3) is 3.19. The molecule has 16 heavy (non-hydrogen) atoms.